The van der Waals surface area contributed by atoms with Gasteiger partial charge in [0.2, 0.25) is 0 Å². The van der Waals surface area contributed by atoms with Gasteiger partial charge in [0.15, 0.2) is 6.10 Å². The molecule has 0 aromatic heterocycles. The van der Waals surface area contributed by atoms with Crippen LogP contribution in [-0.2, 0) is 11.3 Å². The summed E-state index contributed by atoms with van der Waals surface area (Å²) in [6.45, 7) is 7.43. The molecule has 0 fully saturated rings. The lowest BCUT2D eigenvalue weighted by atomic mass is 10.1. The molecule has 112 valence electrons. The van der Waals surface area contributed by atoms with Crippen molar-refractivity contribution in [2.75, 3.05) is 6.54 Å². The van der Waals surface area contributed by atoms with E-state index in [1.54, 1.807) is 0 Å². The molecule has 0 spiro atoms. The molecule has 1 rings (SSSR count). The van der Waals surface area contributed by atoms with Crippen LogP contribution in [-0.4, -0.2) is 23.7 Å². The van der Waals surface area contributed by atoms with E-state index in [9.17, 15) is 4.79 Å². The first-order valence-electron chi connectivity index (χ1n) is 6.88. The zero-order chi connectivity index (χ0) is 15.1. The summed E-state index contributed by atoms with van der Waals surface area (Å²) in [6, 6.07) is 3.91. The van der Waals surface area contributed by atoms with Gasteiger partial charge in [0.25, 0.3) is 0 Å². The molecule has 0 saturated carbocycles. The molecule has 0 heterocycles. The molecule has 0 aliphatic heterocycles. The summed E-state index contributed by atoms with van der Waals surface area (Å²) in [5.41, 5.74) is 1.91. The van der Waals surface area contributed by atoms with Crippen LogP contribution in [0.5, 0.6) is 5.75 Å². The molecular weight excluding hydrogens is 322 g/mol. The van der Waals surface area contributed by atoms with Crippen LogP contribution in [0.2, 0.25) is 0 Å². The Morgan fingerprint density at radius 3 is 2.70 bits per heavy atom. The Morgan fingerprint density at radius 2 is 2.15 bits per heavy atom. The fourth-order valence-electron chi connectivity index (χ4n) is 1.95. The van der Waals surface area contributed by atoms with Gasteiger partial charge in [-0.05, 0) is 44.0 Å². The third-order valence-electron chi connectivity index (χ3n) is 2.96. The lowest BCUT2D eigenvalue weighted by molar-refractivity contribution is -0.145. The molecule has 0 bridgehead atoms. The topological polar surface area (TPSA) is 58.6 Å². The second-order valence-electron chi connectivity index (χ2n) is 4.74. The summed E-state index contributed by atoms with van der Waals surface area (Å²) in [5, 5.41) is 12.5. The van der Waals surface area contributed by atoms with E-state index >= 15 is 0 Å². The first-order valence-corrected chi connectivity index (χ1v) is 7.68. The van der Waals surface area contributed by atoms with Gasteiger partial charge in [0.1, 0.15) is 5.75 Å². The van der Waals surface area contributed by atoms with Crippen molar-refractivity contribution < 1.29 is 14.6 Å². The highest BCUT2D eigenvalue weighted by atomic mass is 79.9. The number of ether oxygens (including phenoxy) is 1. The molecule has 20 heavy (non-hydrogen) atoms. The number of hydrogen-bond acceptors (Lipinski definition) is 3. The fourth-order valence-corrected chi connectivity index (χ4v) is 2.57. The monoisotopic (exact) mass is 343 g/mol. The van der Waals surface area contributed by atoms with Crippen molar-refractivity contribution in [1.29, 1.82) is 0 Å². The minimum absolute atomic E-state index is 0.437. The van der Waals surface area contributed by atoms with Crippen molar-refractivity contribution in [3.8, 4) is 5.75 Å². The van der Waals surface area contributed by atoms with Gasteiger partial charge in [-0.1, -0.05) is 29.8 Å². The number of carbonyl (C=O) groups is 1. The number of aryl methyl sites for hydroxylation is 1. The van der Waals surface area contributed by atoms with Crippen molar-refractivity contribution in [2.45, 2.75) is 46.3 Å². The van der Waals surface area contributed by atoms with Crippen LogP contribution in [0.1, 0.15) is 37.8 Å². The predicted molar refractivity (Wildman–Crippen MR) is 83.2 cm³/mol. The standard InChI is InChI=1S/C15H22BrNO3/c1-4-6-17-9-11-8-12(16)7-10(3)14(11)20-13(5-2)15(18)19/h7-8,13,17H,4-6,9H2,1-3H3,(H,18,19). The first kappa shape index (κ1) is 17.0. The highest BCUT2D eigenvalue weighted by molar-refractivity contribution is 9.10. The highest BCUT2D eigenvalue weighted by Gasteiger charge is 2.20. The molecule has 1 aromatic rings. The lowest BCUT2D eigenvalue weighted by Crippen LogP contribution is -2.27. The number of benzene rings is 1. The summed E-state index contributed by atoms with van der Waals surface area (Å²) in [4.78, 5) is 11.1. The van der Waals surface area contributed by atoms with E-state index in [2.05, 4.69) is 28.2 Å². The van der Waals surface area contributed by atoms with E-state index in [1.165, 1.54) is 0 Å². The van der Waals surface area contributed by atoms with E-state index in [1.807, 2.05) is 26.0 Å². The van der Waals surface area contributed by atoms with Gasteiger partial charge >= 0.3 is 5.97 Å². The van der Waals surface area contributed by atoms with Crippen molar-refractivity contribution in [2.24, 2.45) is 0 Å². The maximum Gasteiger partial charge on any atom is 0.344 e. The SMILES string of the molecule is CCCNCc1cc(Br)cc(C)c1OC(CC)C(=O)O. The van der Waals surface area contributed by atoms with Gasteiger partial charge in [-0.2, -0.15) is 0 Å². The minimum atomic E-state index is -0.928. The van der Waals surface area contributed by atoms with Crippen LogP contribution in [0.4, 0.5) is 0 Å². The van der Waals surface area contributed by atoms with Crippen LogP contribution in [0.15, 0.2) is 16.6 Å². The smallest absolute Gasteiger partial charge is 0.344 e. The third kappa shape index (κ3) is 4.80. The maximum atomic E-state index is 11.1. The van der Waals surface area contributed by atoms with Crippen LogP contribution in [0.3, 0.4) is 0 Å². The van der Waals surface area contributed by atoms with Gasteiger partial charge in [-0.3, -0.25) is 0 Å². The molecule has 0 radical (unpaired) electrons. The van der Waals surface area contributed by atoms with Gasteiger partial charge in [-0.25, -0.2) is 4.79 Å². The molecule has 1 atom stereocenters. The summed E-state index contributed by atoms with van der Waals surface area (Å²) >= 11 is 3.47. The van der Waals surface area contributed by atoms with E-state index in [4.69, 9.17) is 9.84 Å². The van der Waals surface area contributed by atoms with E-state index < -0.39 is 12.1 Å². The van der Waals surface area contributed by atoms with Gasteiger partial charge in [0.05, 0.1) is 0 Å². The second kappa shape index (κ2) is 8.27. The maximum absolute atomic E-state index is 11.1. The Kier molecular flexibility index (Phi) is 7.02. The van der Waals surface area contributed by atoms with E-state index in [0.29, 0.717) is 18.7 Å². The van der Waals surface area contributed by atoms with Crippen molar-refractivity contribution in [3.05, 3.63) is 27.7 Å². The lowest BCUT2D eigenvalue weighted by Gasteiger charge is -2.19. The van der Waals surface area contributed by atoms with Crippen LogP contribution < -0.4 is 10.1 Å². The largest absolute Gasteiger partial charge is 0.479 e. The van der Waals surface area contributed by atoms with Gasteiger partial charge in [-0.15, -0.1) is 0 Å². The molecule has 1 unspecified atom stereocenters. The highest BCUT2D eigenvalue weighted by Crippen LogP contribution is 2.29. The third-order valence-corrected chi connectivity index (χ3v) is 3.42. The van der Waals surface area contributed by atoms with Crippen molar-refractivity contribution in [1.82, 2.24) is 5.32 Å². The number of aliphatic carboxylic acids is 1. The van der Waals surface area contributed by atoms with Gasteiger partial charge in [0, 0.05) is 16.6 Å². The van der Waals surface area contributed by atoms with Crippen LogP contribution in [0, 0.1) is 6.92 Å². The summed E-state index contributed by atoms with van der Waals surface area (Å²) < 4.78 is 6.68. The Hall–Kier alpha value is -1.07. The second-order valence-corrected chi connectivity index (χ2v) is 5.66. The minimum Gasteiger partial charge on any atom is -0.479 e. The summed E-state index contributed by atoms with van der Waals surface area (Å²) in [7, 11) is 0. The molecule has 0 aliphatic rings. The quantitative estimate of drug-likeness (QED) is 0.709. The van der Waals surface area contributed by atoms with Crippen LogP contribution >= 0.6 is 15.9 Å². The molecule has 5 heteroatoms. The Balaban J connectivity index is 2.99. The Bertz CT molecular complexity index is 463. The van der Waals surface area contributed by atoms with Crippen LogP contribution in [0.25, 0.3) is 0 Å². The van der Waals surface area contributed by atoms with Crippen molar-refractivity contribution in [3.63, 3.8) is 0 Å². The normalized spacial score (nSPS) is 12.2. The fraction of sp³-hybridized carbons (Fsp3) is 0.533. The average Bonchev–Trinajstić information content (AvgIpc) is 2.37. The molecule has 0 aliphatic carbocycles. The summed E-state index contributed by atoms with van der Waals surface area (Å²) in [6.07, 6.45) is 0.683. The molecule has 4 nitrogen and oxygen atoms in total. The molecular formula is C15H22BrNO3. The van der Waals surface area contributed by atoms with E-state index in [0.717, 1.165) is 28.6 Å². The average molecular weight is 344 g/mol. The molecule has 0 saturated heterocycles. The predicted octanol–water partition coefficient (Wildman–Crippen LogP) is 3.50. The molecule has 1 aromatic carbocycles. The Morgan fingerprint density at radius 1 is 1.45 bits per heavy atom. The van der Waals surface area contributed by atoms with E-state index in [-0.39, 0.29) is 0 Å². The number of carboxylic acids is 1. The number of rotatable bonds is 8. The molecule has 2 N–H and O–H groups in total. The molecule has 0 amide bonds. The Labute approximate surface area is 128 Å². The number of hydrogen-bond donors (Lipinski definition) is 2. The zero-order valence-corrected chi connectivity index (χ0v) is 13.8. The first-order chi connectivity index (χ1) is 9.49. The number of nitrogens with one attached hydrogen (secondary N) is 1. The van der Waals surface area contributed by atoms with Crippen molar-refractivity contribution >= 4 is 21.9 Å². The zero-order valence-electron chi connectivity index (χ0n) is 12.2. The summed E-state index contributed by atoms with van der Waals surface area (Å²) in [5.74, 6) is -0.256. The van der Waals surface area contributed by atoms with Gasteiger partial charge < -0.3 is 15.2 Å². The number of halogens is 1. The number of carboxylic acid groups (broad SMARTS) is 1.